The number of hydrogen-bond donors (Lipinski definition) is 1. The summed E-state index contributed by atoms with van der Waals surface area (Å²) in [6.45, 7) is 0.808. The molecular formula is C22H18F2N4O3S2. The van der Waals surface area contributed by atoms with Gasteiger partial charge in [-0.2, -0.15) is 8.78 Å². The van der Waals surface area contributed by atoms with Crippen molar-refractivity contribution in [3.63, 3.8) is 0 Å². The number of nitrogens with zero attached hydrogens (tertiary/aromatic N) is 3. The average molecular weight is 489 g/mol. The van der Waals surface area contributed by atoms with Crippen molar-refractivity contribution < 1.29 is 22.8 Å². The maximum Gasteiger partial charge on any atom is 0.387 e. The quantitative estimate of drug-likeness (QED) is 0.306. The molecule has 7 nitrogen and oxygen atoms in total. The number of carbonyl (C=O) groups is 1. The predicted octanol–water partition coefficient (Wildman–Crippen LogP) is 5.96. The standard InChI is InChI=1S/C22H18F2N4O3S2/c1-12-10-15(28-31-12)11-32-20-17(4-3-9-25-20)19(29)27-22-26-18(13(2)33-22)14-5-7-16(8-6-14)30-21(23)24/h3-10,21H,11H2,1-2H3,(H,26,27,29). The third-order valence-corrected chi connectivity index (χ3v) is 6.34. The zero-order valence-corrected chi connectivity index (χ0v) is 19.2. The Balaban J connectivity index is 1.47. The molecule has 4 rings (SSSR count). The van der Waals surface area contributed by atoms with Crippen molar-refractivity contribution in [1.82, 2.24) is 15.1 Å². The van der Waals surface area contributed by atoms with Crippen molar-refractivity contribution in [3.8, 4) is 17.0 Å². The van der Waals surface area contributed by atoms with Crippen LogP contribution in [0.15, 0.2) is 58.2 Å². The van der Waals surface area contributed by atoms with Crippen LogP contribution in [0.3, 0.4) is 0 Å². The Morgan fingerprint density at radius 2 is 2.03 bits per heavy atom. The molecule has 33 heavy (non-hydrogen) atoms. The van der Waals surface area contributed by atoms with Crippen LogP contribution in [-0.2, 0) is 5.75 Å². The van der Waals surface area contributed by atoms with Crippen molar-refractivity contribution in [2.45, 2.75) is 31.2 Å². The van der Waals surface area contributed by atoms with Crippen molar-refractivity contribution in [1.29, 1.82) is 0 Å². The molecule has 0 spiro atoms. The summed E-state index contributed by atoms with van der Waals surface area (Å²) >= 11 is 2.71. The third-order valence-electron chi connectivity index (χ3n) is 4.42. The second kappa shape index (κ2) is 10.1. The summed E-state index contributed by atoms with van der Waals surface area (Å²) in [5.74, 6) is 0.969. The van der Waals surface area contributed by atoms with E-state index in [9.17, 15) is 13.6 Å². The van der Waals surface area contributed by atoms with Gasteiger partial charge in [0.05, 0.1) is 17.0 Å². The van der Waals surface area contributed by atoms with Crippen molar-refractivity contribution in [3.05, 3.63) is 70.6 Å². The molecule has 0 fully saturated rings. The van der Waals surface area contributed by atoms with Gasteiger partial charge in [0.15, 0.2) is 5.13 Å². The van der Waals surface area contributed by atoms with Crippen LogP contribution >= 0.6 is 23.1 Å². The first-order valence-electron chi connectivity index (χ1n) is 9.73. The van der Waals surface area contributed by atoms with E-state index in [2.05, 4.69) is 25.2 Å². The number of rotatable bonds is 8. The third kappa shape index (κ3) is 5.74. The van der Waals surface area contributed by atoms with Crippen LogP contribution in [0.2, 0.25) is 0 Å². The second-order valence-electron chi connectivity index (χ2n) is 6.85. The highest BCUT2D eigenvalue weighted by Gasteiger charge is 2.17. The van der Waals surface area contributed by atoms with Gasteiger partial charge in [0.25, 0.3) is 5.91 Å². The molecule has 0 unspecified atom stereocenters. The van der Waals surface area contributed by atoms with E-state index in [0.717, 1.165) is 21.9 Å². The first kappa shape index (κ1) is 22.9. The maximum absolute atomic E-state index is 12.9. The smallest absolute Gasteiger partial charge is 0.387 e. The number of aryl methyl sites for hydroxylation is 2. The number of benzene rings is 1. The van der Waals surface area contributed by atoms with Gasteiger partial charge in [0.1, 0.15) is 16.5 Å². The molecule has 170 valence electrons. The lowest BCUT2D eigenvalue weighted by atomic mass is 10.1. The van der Waals surface area contributed by atoms with E-state index in [4.69, 9.17) is 4.52 Å². The molecule has 1 amide bonds. The molecule has 3 heterocycles. The van der Waals surface area contributed by atoms with E-state index in [-0.39, 0.29) is 11.7 Å². The Hall–Kier alpha value is -3.31. The summed E-state index contributed by atoms with van der Waals surface area (Å²) in [7, 11) is 0. The summed E-state index contributed by atoms with van der Waals surface area (Å²) in [6, 6.07) is 11.4. The number of halogens is 2. The average Bonchev–Trinajstić information content (AvgIpc) is 3.37. The summed E-state index contributed by atoms with van der Waals surface area (Å²) in [5, 5.41) is 7.77. The molecule has 1 aromatic carbocycles. The molecule has 11 heteroatoms. The molecule has 0 aliphatic heterocycles. The topological polar surface area (TPSA) is 90.1 Å². The summed E-state index contributed by atoms with van der Waals surface area (Å²) in [5.41, 5.74) is 2.57. The minimum Gasteiger partial charge on any atom is -0.435 e. The van der Waals surface area contributed by atoms with Gasteiger partial charge in [0, 0.05) is 28.5 Å². The number of pyridine rings is 1. The normalized spacial score (nSPS) is 11.1. The van der Waals surface area contributed by atoms with Gasteiger partial charge in [0.2, 0.25) is 0 Å². The molecule has 3 aromatic heterocycles. The molecule has 4 aromatic rings. The first-order chi connectivity index (χ1) is 15.9. The lowest BCUT2D eigenvalue weighted by Crippen LogP contribution is -2.13. The van der Waals surface area contributed by atoms with Crippen LogP contribution in [0.1, 0.15) is 26.7 Å². The van der Waals surface area contributed by atoms with E-state index in [0.29, 0.717) is 27.2 Å². The van der Waals surface area contributed by atoms with E-state index >= 15 is 0 Å². The number of alkyl halides is 2. The lowest BCUT2D eigenvalue weighted by Gasteiger charge is -2.07. The number of ether oxygens (including phenoxy) is 1. The van der Waals surface area contributed by atoms with Crippen LogP contribution in [0.25, 0.3) is 11.3 Å². The fourth-order valence-electron chi connectivity index (χ4n) is 2.98. The predicted molar refractivity (Wildman–Crippen MR) is 122 cm³/mol. The van der Waals surface area contributed by atoms with Crippen LogP contribution in [-0.4, -0.2) is 27.6 Å². The molecule has 0 aliphatic rings. The Labute approximate surface area is 196 Å². The van der Waals surface area contributed by atoms with Crippen LogP contribution in [0.4, 0.5) is 13.9 Å². The Morgan fingerprint density at radius 3 is 2.73 bits per heavy atom. The molecule has 0 bridgehead atoms. The van der Waals surface area contributed by atoms with Gasteiger partial charge in [-0.1, -0.05) is 16.9 Å². The van der Waals surface area contributed by atoms with Gasteiger partial charge in [-0.05, 0) is 50.2 Å². The van der Waals surface area contributed by atoms with E-state index in [1.54, 1.807) is 30.5 Å². The summed E-state index contributed by atoms with van der Waals surface area (Å²) in [6.07, 6.45) is 1.63. The number of anilines is 1. The van der Waals surface area contributed by atoms with Crippen LogP contribution in [0.5, 0.6) is 5.75 Å². The minimum absolute atomic E-state index is 0.0672. The molecule has 0 atom stereocenters. The number of thiazole rings is 1. The Kier molecular flexibility index (Phi) is 6.99. The zero-order chi connectivity index (χ0) is 23.4. The van der Waals surface area contributed by atoms with Gasteiger partial charge in [-0.3, -0.25) is 10.1 Å². The van der Waals surface area contributed by atoms with Crippen LogP contribution in [0, 0.1) is 13.8 Å². The number of amides is 1. The van der Waals surface area contributed by atoms with E-state index < -0.39 is 6.61 Å². The highest BCUT2D eigenvalue weighted by molar-refractivity contribution is 7.98. The highest BCUT2D eigenvalue weighted by Crippen LogP contribution is 2.32. The lowest BCUT2D eigenvalue weighted by molar-refractivity contribution is -0.0498. The highest BCUT2D eigenvalue weighted by atomic mass is 32.2. The minimum atomic E-state index is -2.88. The van der Waals surface area contributed by atoms with Gasteiger partial charge in [-0.25, -0.2) is 9.97 Å². The number of hydrogen-bond acceptors (Lipinski definition) is 8. The SMILES string of the molecule is Cc1cc(CSc2ncccc2C(=O)Nc2nc(-c3ccc(OC(F)F)cc3)c(C)s2)no1. The number of nitrogens with one attached hydrogen (secondary N) is 1. The molecule has 0 aliphatic carbocycles. The molecule has 0 saturated carbocycles. The molecule has 0 radical (unpaired) electrons. The fourth-order valence-corrected chi connectivity index (χ4v) is 4.69. The zero-order valence-electron chi connectivity index (χ0n) is 17.5. The Morgan fingerprint density at radius 1 is 1.24 bits per heavy atom. The molecule has 0 saturated heterocycles. The molecule has 1 N–H and O–H groups in total. The second-order valence-corrected chi connectivity index (χ2v) is 9.02. The van der Waals surface area contributed by atoms with Gasteiger partial charge >= 0.3 is 6.61 Å². The largest absolute Gasteiger partial charge is 0.435 e. The number of thioether (sulfide) groups is 1. The summed E-state index contributed by atoms with van der Waals surface area (Å²) < 4.78 is 34.2. The molecular weight excluding hydrogens is 470 g/mol. The van der Waals surface area contributed by atoms with Crippen molar-refractivity contribution >= 4 is 34.1 Å². The van der Waals surface area contributed by atoms with Gasteiger partial charge in [-0.15, -0.1) is 11.3 Å². The van der Waals surface area contributed by atoms with E-state index in [1.807, 2.05) is 19.9 Å². The maximum atomic E-state index is 12.9. The monoisotopic (exact) mass is 488 g/mol. The number of carbonyl (C=O) groups excluding carboxylic acids is 1. The number of aromatic nitrogens is 3. The first-order valence-corrected chi connectivity index (χ1v) is 11.5. The van der Waals surface area contributed by atoms with Crippen molar-refractivity contribution in [2.75, 3.05) is 5.32 Å². The summed E-state index contributed by atoms with van der Waals surface area (Å²) in [4.78, 5) is 22.6. The Bertz CT molecular complexity index is 1260. The van der Waals surface area contributed by atoms with Crippen LogP contribution < -0.4 is 10.1 Å². The fraction of sp³-hybridized carbons (Fsp3) is 0.182. The van der Waals surface area contributed by atoms with Crippen molar-refractivity contribution in [2.24, 2.45) is 0 Å². The van der Waals surface area contributed by atoms with Gasteiger partial charge < -0.3 is 9.26 Å². The van der Waals surface area contributed by atoms with E-state index in [1.165, 1.54) is 35.2 Å².